The van der Waals surface area contributed by atoms with Crippen molar-refractivity contribution < 1.29 is 26.7 Å². The van der Waals surface area contributed by atoms with Crippen molar-refractivity contribution in [2.24, 2.45) is 17.8 Å². The number of fused-ring (bicyclic) bond motifs is 2. The third-order valence-electron chi connectivity index (χ3n) is 7.12. The minimum Gasteiger partial charge on any atom is -0.399 e. The van der Waals surface area contributed by atoms with E-state index in [-0.39, 0.29) is 10.8 Å². The number of benzene rings is 2. The second-order valence-corrected chi connectivity index (χ2v) is 9.03. The maximum absolute atomic E-state index is 14.5. The molecule has 0 radical (unpaired) electrons. The molecular weight excluding hydrogens is 399 g/mol. The molecule has 2 aromatic rings. The molecule has 0 saturated heterocycles. The Morgan fingerprint density at radius 3 is 2.43 bits per heavy atom. The number of ether oxygens (including phenoxy) is 1. The zero-order chi connectivity index (χ0) is 21.5. The highest BCUT2D eigenvalue weighted by Crippen LogP contribution is 2.48. The summed E-state index contributed by atoms with van der Waals surface area (Å²) >= 11 is 0. The Balaban J connectivity index is 1.54. The molecule has 4 rings (SSSR count). The molecule has 2 aliphatic carbocycles. The summed E-state index contributed by atoms with van der Waals surface area (Å²) < 4.78 is 69.6. The van der Waals surface area contributed by atoms with Crippen LogP contribution in [0, 0.1) is 29.4 Å². The maximum atomic E-state index is 14.5. The first kappa shape index (κ1) is 21.4. The van der Waals surface area contributed by atoms with Crippen molar-refractivity contribution in [1.29, 1.82) is 0 Å². The van der Waals surface area contributed by atoms with Crippen molar-refractivity contribution >= 4 is 10.8 Å². The van der Waals surface area contributed by atoms with E-state index in [1.165, 1.54) is 44.6 Å². The van der Waals surface area contributed by atoms with Gasteiger partial charge in [-0.05, 0) is 72.8 Å². The van der Waals surface area contributed by atoms with Crippen molar-refractivity contribution in [3.8, 4) is 5.75 Å². The Morgan fingerprint density at radius 1 is 0.967 bits per heavy atom. The van der Waals surface area contributed by atoms with E-state index in [9.17, 15) is 22.0 Å². The van der Waals surface area contributed by atoms with Crippen LogP contribution in [0.15, 0.2) is 24.3 Å². The van der Waals surface area contributed by atoms with Gasteiger partial charge in [0.1, 0.15) is 0 Å². The fourth-order valence-corrected chi connectivity index (χ4v) is 5.75. The quantitative estimate of drug-likeness (QED) is 0.449. The minimum absolute atomic E-state index is 0.0619. The van der Waals surface area contributed by atoms with Crippen molar-refractivity contribution in [1.82, 2.24) is 0 Å². The molecule has 0 spiro atoms. The number of halogens is 5. The molecule has 0 N–H and O–H groups in total. The van der Waals surface area contributed by atoms with Crippen LogP contribution in [-0.4, -0.2) is 6.36 Å². The van der Waals surface area contributed by atoms with Crippen LogP contribution in [0.1, 0.15) is 69.8 Å². The van der Waals surface area contributed by atoms with Crippen LogP contribution in [0.3, 0.4) is 0 Å². The largest absolute Gasteiger partial charge is 0.573 e. The second-order valence-electron chi connectivity index (χ2n) is 9.03. The highest BCUT2D eigenvalue weighted by atomic mass is 19.4. The number of alkyl halides is 3. The predicted molar refractivity (Wildman–Crippen MR) is 106 cm³/mol. The molecular formula is C24H27F5O. The maximum Gasteiger partial charge on any atom is 0.573 e. The lowest BCUT2D eigenvalue weighted by Crippen LogP contribution is -2.30. The number of hydrogen-bond acceptors (Lipinski definition) is 1. The first-order valence-electron chi connectivity index (χ1n) is 10.9. The van der Waals surface area contributed by atoms with Crippen LogP contribution in [0.4, 0.5) is 22.0 Å². The summed E-state index contributed by atoms with van der Waals surface area (Å²) in [6.45, 7) is 2.24. The summed E-state index contributed by atoms with van der Waals surface area (Å²) in [6, 6.07) is 5.89. The second kappa shape index (κ2) is 8.35. The van der Waals surface area contributed by atoms with E-state index >= 15 is 0 Å². The first-order chi connectivity index (χ1) is 14.2. The summed E-state index contributed by atoms with van der Waals surface area (Å²) in [6.07, 6.45) is 4.57. The van der Waals surface area contributed by atoms with Gasteiger partial charge in [-0.2, -0.15) is 0 Å². The van der Waals surface area contributed by atoms with Crippen molar-refractivity contribution in [3.63, 3.8) is 0 Å². The molecule has 0 amide bonds. The molecule has 6 heteroatoms. The molecule has 0 bridgehead atoms. The summed E-state index contributed by atoms with van der Waals surface area (Å²) in [4.78, 5) is 0. The van der Waals surface area contributed by atoms with Gasteiger partial charge in [0.15, 0.2) is 11.6 Å². The van der Waals surface area contributed by atoms with E-state index in [0.717, 1.165) is 36.3 Å². The van der Waals surface area contributed by atoms with Crippen molar-refractivity contribution in [2.75, 3.05) is 0 Å². The molecule has 4 unspecified atom stereocenters. The molecule has 164 valence electrons. The third kappa shape index (κ3) is 4.42. The topological polar surface area (TPSA) is 9.23 Å². The zero-order valence-electron chi connectivity index (χ0n) is 17.1. The van der Waals surface area contributed by atoms with Crippen LogP contribution in [0.25, 0.3) is 10.8 Å². The van der Waals surface area contributed by atoms with Gasteiger partial charge in [0.25, 0.3) is 0 Å². The van der Waals surface area contributed by atoms with Gasteiger partial charge >= 0.3 is 6.36 Å². The van der Waals surface area contributed by atoms with Gasteiger partial charge in [0.05, 0.1) is 0 Å². The van der Waals surface area contributed by atoms with Gasteiger partial charge in [0, 0.05) is 5.39 Å². The molecule has 1 nitrogen and oxygen atoms in total. The van der Waals surface area contributed by atoms with Crippen LogP contribution in [0.2, 0.25) is 0 Å². The third-order valence-corrected chi connectivity index (χ3v) is 7.12. The molecule has 30 heavy (non-hydrogen) atoms. The van der Waals surface area contributed by atoms with E-state index < -0.39 is 23.7 Å². The standard InChI is InChI=1S/C24H27F5O/c1-2-3-14-4-5-16-11-17(7-6-15(16)10-14)18-8-9-20-19(12-18)13-21(25)23(22(20)26)30-24(27,28)29/h8-9,12-17H,2-7,10-11H2,1H3. The Kier molecular flexibility index (Phi) is 5.95. The molecule has 2 aromatic carbocycles. The van der Waals surface area contributed by atoms with Crippen LogP contribution >= 0.6 is 0 Å². The van der Waals surface area contributed by atoms with E-state index in [1.807, 2.05) is 0 Å². The van der Waals surface area contributed by atoms with Gasteiger partial charge in [0.2, 0.25) is 5.75 Å². The number of hydrogen-bond donors (Lipinski definition) is 0. The molecule has 0 heterocycles. The Labute approximate surface area is 173 Å². The monoisotopic (exact) mass is 426 g/mol. The average molecular weight is 426 g/mol. The van der Waals surface area contributed by atoms with Gasteiger partial charge in [-0.1, -0.05) is 44.4 Å². The normalized spacial score (nSPS) is 27.1. The predicted octanol–water partition coefficient (Wildman–Crippen LogP) is 8.12. The zero-order valence-corrected chi connectivity index (χ0v) is 17.1. The summed E-state index contributed by atoms with van der Waals surface area (Å²) in [7, 11) is 0. The smallest absolute Gasteiger partial charge is 0.399 e. The van der Waals surface area contributed by atoms with E-state index in [1.54, 1.807) is 12.1 Å². The molecule has 0 aromatic heterocycles. The Morgan fingerprint density at radius 2 is 1.70 bits per heavy atom. The van der Waals surface area contributed by atoms with Crippen molar-refractivity contribution in [2.45, 2.75) is 70.6 Å². The van der Waals surface area contributed by atoms with Crippen LogP contribution in [0.5, 0.6) is 5.75 Å². The van der Waals surface area contributed by atoms with Crippen LogP contribution in [-0.2, 0) is 0 Å². The Bertz CT molecular complexity index is 907. The molecule has 0 aliphatic heterocycles. The highest BCUT2D eigenvalue weighted by Gasteiger charge is 2.36. The fourth-order valence-electron chi connectivity index (χ4n) is 5.75. The molecule has 4 atom stereocenters. The fraction of sp³-hybridized carbons (Fsp3) is 0.583. The van der Waals surface area contributed by atoms with Gasteiger partial charge in [-0.15, -0.1) is 13.2 Å². The van der Waals surface area contributed by atoms with E-state index in [4.69, 9.17) is 0 Å². The Hall–Kier alpha value is -1.85. The average Bonchev–Trinajstić information content (AvgIpc) is 2.70. The molecule has 2 saturated carbocycles. The molecule has 2 fully saturated rings. The van der Waals surface area contributed by atoms with Crippen molar-refractivity contribution in [3.05, 3.63) is 41.5 Å². The van der Waals surface area contributed by atoms with E-state index in [2.05, 4.69) is 11.7 Å². The lowest BCUT2D eigenvalue weighted by atomic mass is 9.63. The van der Waals surface area contributed by atoms with Gasteiger partial charge < -0.3 is 4.74 Å². The lowest BCUT2D eigenvalue weighted by molar-refractivity contribution is -0.276. The SMILES string of the molecule is CCCC1CCC2CC(c3ccc4c(F)c(OC(F)(F)F)c(F)cc4c3)CCC2C1. The highest BCUT2D eigenvalue weighted by molar-refractivity contribution is 5.85. The van der Waals surface area contributed by atoms with Gasteiger partial charge in [-0.3, -0.25) is 0 Å². The number of rotatable bonds is 4. The summed E-state index contributed by atoms with van der Waals surface area (Å²) in [5, 5.41) is 0.207. The first-order valence-corrected chi connectivity index (χ1v) is 10.9. The summed E-state index contributed by atoms with van der Waals surface area (Å²) in [5.74, 6) is -1.39. The van der Waals surface area contributed by atoms with Crippen LogP contribution < -0.4 is 4.74 Å². The summed E-state index contributed by atoms with van der Waals surface area (Å²) in [5.41, 5.74) is 1.01. The lowest BCUT2D eigenvalue weighted by Gasteiger charge is -2.42. The van der Waals surface area contributed by atoms with E-state index in [0.29, 0.717) is 11.8 Å². The molecule has 2 aliphatic rings. The van der Waals surface area contributed by atoms with Gasteiger partial charge in [-0.25, -0.2) is 8.78 Å². The minimum atomic E-state index is -5.15.